The molecular weight excluding hydrogens is 329 g/mol. The van der Waals surface area contributed by atoms with E-state index in [2.05, 4.69) is 15.9 Å². The summed E-state index contributed by atoms with van der Waals surface area (Å²) in [5, 5.41) is 9.65. The first kappa shape index (κ1) is 14.2. The summed E-state index contributed by atoms with van der Waals surface area (Å²) in [6.07, 6.45) is -3.28. The van der Waals surface area contributed by atoms with Gasteiger partial charge in [-0.15, -0.1) is 11.8 Å². The average Bonchev–Trinajstić information content (AvgIpc) is 2.12. The third-order valence-electron chi connectivity index (χ3n) is 2.88. The summed E-state index contributed by atoms with van der Waals surface area (Å²) >= 11 is 4.38. The average molecular weight is 341 g/mol. The molecule has 2 rings (SSSR count). The van der Waals surface area contributed by atoms with E-state index in [0.717, 1.165) is 6.07 Å². The van der Waals surface area contributed by atoms with Gasteiger partial charge in [-0.2, -0.15) is 13.2 Å². The second kappa shape index (κ2) is 4.72. The quantitative estimate of drug-likeness (QED) is 0.856. The first-order valence-electron chi connectivity index (χ1n) is 5.43. The number of benzene rings is 1. The van der Waals surface area contributed by atoms with Crippen molar-refractivity contribution >= 4 is 27.7 Å². The molecule has 6 heteroatoms. The normalized spacial score (nSPS) is 28.0. The smallest absolute Gasteiger partial charge is 0.390 e. The topological polar surface area (TPSA) is 20.2 Å². The lowest BCUT2D eigenvalue weighted by Crippen LogP contribution is -2.42. The van der Waals surface area contributed by atoms with Crippen LogP contribution in [0.25, 0.3) is 0 Å². The lowest BCUT2D eigenvalue weighted by atomic mass is 9.82. The number of rotatable bonds is 2. The number of hydrogen-bond donors (Lipinski definition) is 1. The van der Waals surface area contributed by atoms with Crippen LogP contribution in [0, 0.1) is 0 Å². The maximum atomic E-state index is 12.8. The van der Waals surface area contributed by atoms with Crippen molar-refractivity contribution in [2.75, 3.05) is 0 Å². The molecule has 0 radical (unpaired) electrons. The number of thioether (sulfide) groups is 1. The molecule has 0 bridgehead atoms. The number of alkyl halides is 3. The largest absolute Gasteiger partial charge is 0.417 e. The van der Waals surface area contributed by atoms with E-state index < -0.39 is 17.3 Å². The summed E-state index contributed by atoms with van der Waals surface area (Å²) in [5.41, 5.74) is -1.33. The fraction of sp³-hybridized carbons (Fsp3) is 0.500. The molecule has 1 saturated carbocycles. The highest BCUT2D eigenvalue weighted by Crippen LogP contribution is 2.46. The monoisotopic (exact) mass is 340 g/mol. The molecule has 1 aliphatic carbocycles. The molecule has 0 amide bonds. The van der Waals surface area contributed by atoms with Crippen LogP contribution in [-0.4, -0.2) is 16.0 Å². The van der Waals surface area contributed by atoms with Gasteiger partial charge >= 0.3 is 6.18 Å². The van der Waals surface area contributed by atoms with Crippen molar-refractivity contribution < 1.29 is 18.3 Å². The highest BCUT2D eigenvalue weighted by atomic mass is 79.9. The van der Waals surface area contributed by atoms with Gasteiger partial charge in [0.05, 0.1) is 11.2 Å². The van der Waals surface area contributed by atoms with Gasteiger partial charge in [-0.25, -0.2) is 0 Å². The molecule has 0 heterocycles. The van der Waals surface area contributed by atoms with Crippen LogP contribution in [0.2, 0.25) is 0 Å². The van der Waals surface area contributed by atoms with Gasteiger partial charge in [0.15, 0.2) is 0 Å². The maximum Gasteiger partial charge on any atom is 0.417 e. The molecule has 1 N–H and O–H groups in total. The van der Waals surface area contributed by atoms with E-state index in [9.17, 15) is 18.3 Å². The zero-order valence-electron chi connectivity index (χ0n) is 9.59. The standard InChI is InChI=1S/C12H12BrF3OS/c1-11(17)5-8(6-11)18-10-4-7(13)2-3-9(10)12(14,15)16/h2-4,8,17H,5-6H2,1H3/t8-,11-. The van der Waals surface area contributed by atoms with Crippen molar-refractivity contribution in [2.45, 2.75) is 41.7 Å². The van der Waals surface area contributed by atoms with Gasteiger partial charge < -0.3 is 5.11 Å². The summed E-state index contributed by atoms with van der Waals surface area (Å²) in [6.45, 7) is 1.70. The summed E-state index contributed by atoms with van der Waals surface area (Å²) in [6, 6.07) is 3.97. The third-order valence-corrected chi connectivity index (χ3v) is 4.63. The summed E-state index contributed by atoms with van der Waals surface area (Å²) < 4.78 is 39.1. The molecule has 0 aliphatic heterocycles. The highest BCUT2D eigenvalue weighted by molar-refractivity contribution is 9.10. The molecule has 0 aromatic heterocycles. The summed E-state index contributed by atoms with van der Waals surface area (Å²) in [5.74, 6) is 0. The van der Waals surface area contributed by atoms with E-state index >= 15 is 0 Å². The Balaban J connectivity index is 2.19. The molecule has 1 fully saturated rings. The first-order valence-corrected chi connectivity index (χ1v) is 7.10. The highest BCUT2D eigenvalue weighted by Gasteiger charge is 2.41. The van der Waals surface area contributed by atoms with Crippen LogP contribution in [0.15, 0.2) is 27.6 Å². The molecule has 0 saturated heterocycles. The first-order chi connectivity index (χ1) is 8.17. The van der Waals surface area contributed by atoms with Crippen molar-refractivity contribution in [3.8, 4) is 0 Å². The Morgan fingerprint density at radius 3 is 2.50 bits per heavy atom. The minimum Gasteiger partial charge on any atom is -0.390 e. The second-order valence-corrected chi connectivity index (χ2v) is 7.04. The molecule has 0 unspecified atom stereocenters. The van der Waals surface area contributed by atoms with Crippen LogP contribution < -0.4 is 0 Å². The Morgan fingerprint density at radius 1 is 1.39 bits per heavy atom. The van der Waals surface area contributed by atoms with Crippen molar-refractivity contribution in [1.29, 1.82) is 0 Å². The molecule has 18 heavy (non-hydrogen) atoms. The van der Waals surface area contributed by atoms with Gasteiger partial charge in [-0.3, -0.25) is 0 Å². The van der Waals surface area contributed by atoms with E-state index in [1.165, 1.54) is 23.9 Å². The van der Waals surface area contributed by atoms with Gasteiger partial charge in [-0.05, 0) is 38.0 Å². The molecular formula is C12H12BrF3OS. The van der Waals surface area contributed by atoms with Crippen molar-refractivity contribution in [3.63, 3.8) is 0 Å². The van der Waals surface area contributed by atoms with E-state index in [-0.39, 0.29) is 10.1 Å². The van der Waals surface area contributed by atoms with Gasteiger partial charge in [0.1, 0.15) is 0 Å². The van der Waals surface area contributed by atoms with Gasteiger partial charge in [0.25, 0.3) is 0 Å². The zero-order chi connectivity index (χ0) is 13.6. The number of aliphatic hydroxyl groups is 1. The lowest BCUT2D eigenvalue weighted by molar-refractivity contribution is -0.139. The Bertz CT molecular complexity index is 451. The molecule has 1 aromatic carbocycles. The van der Waals surface area contributed by atoms with Crippen molar-refractivity contribution in [1.82, 2.24) is 0 Å². The van der Waals surface area contributed by atoms with Gasteiger partial charge in [-0.1, -0.05) is 15.9 Å². The van der Waals surface area contributed by atoms with E-state index in [0.29, 0.717) is 17.3 Å². The lowest BCUT2D eigenvalue weighted by Gasteiger charge is -2.40. The van der Waals surface area contributed by atoms with Crippen LogP contribution in [0.5, 0.6) is 0 Å². The third kappa shape index (κ3) is 3.22. The minimum atomic E-state index is -4.34. The minimum absolute atomic E-state index is 0.0513. The van der Waals surface area contributed by atoms with Crippen LogP contribution >= 0.6 is 27.7 Å². The fourth-order valence-corrected chi connectivity index (χ4v) is 4.27. The fourth-order valence-electron chi connectivity index (χ4n) is 2.01. The van der Waals surface area contributed by atoms with Crippen molar-refractivity contribution in [3.05, 3.63) is 28.2 Å². The van der Waals surface area contributed by atoms with Crippen molar-refractivity contribution in [2.24, 2.45) is 0 Å². The summed E-state index contributed by atoms with van der Waals surface area (Å²) in [7, 11) is 0. The Hall–Kier alpha value is -0.200. The van der Waals surface area contributed by atoms with Crippen LogP contribution in [0.1, 0.15) is 25.3 Å². The number of halogens is 4. The van der Waals surface area contributed by atoms with Crippen LogP contribution in [0.4, 0.5) is 13.2 Å². The molecule has 1 nitrogen and oxygen atoms in total. The predicted octanol–water partition coefficient (Wildman–Crippen LogP) is 4.47. The van der Waals surface area contributed by atoms with Gasteiger partial charge in [0.2, 0.25) is 0 Å². The molecule has 100 valence electrons. The predicted molar refractivity (Wildman–Crippen MR) is 68.6 cm³/mol. The van der Waals surface area contributed by atoms with E-state index in [1.54, 1.807) is 6.92 Å². The van der Waals surface area contributed by atoms with E-state index in [4.69, 9.17) is 0 Å². The molecule has 0 spiro atoms. The molecule has 1 aromatic rings. The molecule has 0 atom stereocenters. The van der Waals surface area contributed by atoms with E-state index in [1.807, 2.05) is 0 Å². The Morgan fingerprint density at radius 2 is 2.00 bits per heavy atom. The second-order valence-electron chi connectivity index (χ2n) is 4.78. The van der Waals surface area contributed by atoms with Gasteiger partial charge in [0, 0.05) is 14.6 Å². The maximum absolute atomic E-state index is 12.8. The Labute approximate surface area is 116 Å². The van der Waals surface area contributed by atoms with Crippen LogP contribution in [0.3, 0.4) is 0 Å². The van der Waals surface area contributed by atoms with Crippen LogP contribution in [-0.2, 0) is 6.18 Å². The number of hydrogen-bond acceptors (Lipinski definition) is 2. The zero-order valence-corrected chi connectivity index (χ0v) is 12.0. The SMILES string of the molecule is C[C@]1(O)C[C@H](Sc2cc(Br)ccc2C(F)(F)F)C1. The Kier molecular flexibility index (Phi) is 3.73. The molecule has 1 aliphatic rings. The summed E-state index contributed by atoms with van der Waals surface area (Å²) in [4.78, 5) is 0.220.